The second-order valence-electron chi connectivity index (χ2n) is 7.03. The average molecular weight is 371 g/mol. The van der Waals surface area contributed by atoms with Crippen LogP contribution in [0.15, 0.2) is 24.5 Å². The fraction of sp³-hybridized carbons (Fsp3) is 0.526. The van der Waals surface area contributed by atoms with E-state index in [-0.39, 0.29) is 0 Å². The first-order valence-corrected chi connectivity index (χ1v) is 9.39. The predicted molar refractivity (Wildman–Crippen MR) is 108 cm³/mol. The molecule has 1 aliphatic rings. The molecular weight excluding hydrogens is 342 g/mol. The maximum atomic E-state index is 5.78. The monoisotopic (exact) mass is 371 g/mol. The lowest BCUT2D eigenvalue weighted by Gasteiger charge is -2.27. The number of hydrogen-bond donors (Lipinski definition) is 1. The molecule has 3 heterocycles. The Morgan fingerprint density at radius 2 is 1.96 bits per heavy atom. The number of anilines is 1. The third-order valence-electron chi connectivity index (χ3n) is 4.76. The molecule has 2 aromatic heterocycles. The molecule has 1 aliphatic heterocycles. The van der Waals surface area contributed by atoms with Crippen molar-refractivity contribution in [2.24, 2.45) is 0 Å². The summed E-state index contributed by atoms with van der Waals surface area (Å²) in [7, 11) is 5.88. The number of benzene rings is 1. The molecule has 0 bridgehead atoms. The molecule has 3 aromatic rings. The molecule has 4 rings (SSSR count). The van der Waals surface area contributed by atoms with E-state index in [4.69, 9.17) is 10.5 Å². The molecule has 0 amide bonds. The quantitative estimate of drug-likeness (QED) is 0.750. The number of ether oxygens (including phenoxy) is 1. The van der Waals surface area contributed by atoms with Gasteiger partial charge in [0.15, 0.2) is 5.65 Å². The van der Waals surface area contributed by atoms with Crippen LogP contribution in [0.1, 0.15) is 19.3 Å². The van der Waals surface area contributed by atoms with Crippen molar-refractivity contribution in [1.82, 2.24) is 29.4 Å². The minimum absolute atomic E-state index is 0.296. The van der Waals surface area contributed by atoms with Crippen molar-refractivity contribution < 1.29 is 4.74 Å². The van der Waals surface area contributed by atoms with Gasteiger partial charge >= 0.3 is 0 Å². The Balaban J connectivity index is 0.000000168. The summed E-state index contributed by atoms with van der Waals surface area (Å²) in [5.74, 6) is 0.971. The predicted octanol–water partition coefficient (Wildman–Crippen LogP) is 1.90. The lowest BCUT2D eigenvalue weighted by atomic mass is 10.1. The fourth-order valence-electron chi connectivity index (χ4n) is 3.26. The van der Waals surface area contributed by atoms with E-state index >= 15 is 0 Å². The molecule has 8 nitrogen and oxygen atoms in total. The van der Waals surface area contributed by atoms with E-state index in [0.717, 1.165) is 5.39 Å². The summed E-state index contributed by atoms with van der Waals surface area (Å²) < 4.78 is 6.73. The molecule has 0 aliphatic carbocycles. The Hall–Kier alpha value is -2.45. The van der Waals surface area contributed by atoms with Gasteiger partial charge in [-0.1, -0.05) is 12.5 Å². The molecule has 1 aromatic carbocycles. The Morgan fingerprint density at radius 1 is 1.19 bits per heavy atom. The van der Waals surface area contributed by atoms with Gasteiger partial charge in [-0.05, 0) is 52.2 Å². The number of nitrogens with zero attached hydrogens (tertiary/aromatic N) is 6. The first kappa shape index (κ1) is 19.3. The number of rotatable bonds is 4. The summed E-state index contributed by atoms with van der Waals surface area (Å²) in [6.07, 6.45) is 5.71. The molecule has 8 heteroatoms. The summed E-state index contributed by atoms with van der Waals surface area (Å²) in [5.41, 5.74) is 7.16. The SMILES string of the molecule is CN(C)CCN1CCCCC1.COc1cccc2c1nc(N)n1ncnc21. The van der Waals surface area contributed by atoms with E-state index in [1.807, 2.05) is 18.2 Å². The highest BCUT2D eigenvalue weighted by molar-refractivity contribution is 5.95. The van der Waals surface area contributed by atoms with Gasteiger partial charge in [-0.25, -0.2) is 9.97 Å². The van der Waals surface area contributed by atoms with E-state index in [0.29, 0.717) is 22.9 Å². The number of nitrogens with two attached hydrogens (primary N) is 1. The zero-order chi connectivity index (χ0) is 19.2. The van der Waals surface area contributed by atoms with E-state index < -0.39 is 0 Å². The molecule has 0 saturated carbocycles. The number of likely N-dealkylation sites (N-methyl/N-ethyl adjacent to an activating group) is 1. The third kappa shape index (κ3) is 4.64. The Bertz CT molecular complexity index is 871. The van der Waals surface area contributed by atoms with Gasteiger partial charge in [-0.15, -0.1) is 0 Å². The number of hydrogen-bond acceptors (Lipinski definition) is 7. The highest BCUT2D eigenvalue weighted by atomic mass is 16.5. The van der Waals surface area contributed by atoms with Crippen LogP contribution in [0.2, 0.25) is 0 Å². The first-order chi connectivity index (χ1) is 13.1. The lowest BCUT2D eigenvalue weighted by Crippen LogP contribution is -2.35. The number of aromatic nitrogens is 4. The Morgan fingerprint density at radius 3 is 2.67 bits per heavy atom. The third-order valence-corrected chi connectivity index (χ3v) is 4.76. The van der Waals surface area contributed by atoms with Gasteiger partial charge in [-0.3, -0.25) is 0 Å². The van der Waals surface area contributed by atoms with Gasteiger partial charge in [0.25, 0.3) is 0 Å². The topological polar surface area (TPSA) is 84.8 Å². The maximum absolute atomic E-state index is 5.78. The van der Waals surface area contributed by atoms with Crippen LogP contribution in [0.5, 0.6) is 5.75 Å². The lowest BCUT2D eigenvalue weighted by molar-refractivity contribution is 0.207. The minimum Gasteiger partial charge on any atom is -0.494 e. The number of likely N-dealkylation sites (tertiary alicyclic amines) is 1. The van der Waals surface area contributed by atoms with Crippen molar-refractivity contribution in [3.8, 4) is 5.75 Å². The first-order valence-electron chi connectivity index (χ1n) is 9.39. The van der Waals surface area contributed by atoms with Crippen LogP contribution < -0.4 is 10.5 Å². The van der Waals surface area contributed by atoms with Crippen LogP contribution in [0.3, 0.4) is 0 Å². The number of fused-ring (bicyclic) bond motifs is 3. The van der Waals surface area contributed by atoms with Crippen molar-refractivity contribution in [2.75, 3.05) is 53.1 Å². The number of piperidine rings is 1. The summed E-state index contributed by atoms with van der Waals surface area (Å²) >= 11 is 0. The van der Waals surface area contributed by atoms with Crippen molar-refractivity contribution >= 4 is 22.5 Å². The molecule has 2 N–H and O–H groups in total. The van der Waals surface area contributed by atoms with Gasteiger partial charge < -0.3 is 20.3 Å². The number of para-hydroxylation sites is 1. The van der Waals surface area contributed by atoms with E-state index in [2.05, 4.69) is 39.0 Å². The molecule has 27 heavy (non-hydrogen) atoms. The van der Waals surface area contributed by atoms with Crippen molar-refractivity contribution in [3.63, 3.8) is 0 Å². The van der Waals surface area contributed by atoms with Crippen LogP contribution in [0, 0.1) is 0 Å². The van der Waals surface area contributed by atoms with Gasteiger partial charge in [-0.2, -0.15) is 9.61 Å². The van der Waals surface area contributed by atoms with Gasteiger partial charge in [0.2, 0.25) is 5.95 Å². The van der Waals surface area contributed by atoms with E-state index in [1.54, 1.807) is 7.11 Å². The van der Waals surface area contributed by atoms with Crippen LogP contribution in [-0.4, -0.2) is 76.8 Å². The highest BCUT2D eigenvalue weighted by Gasteiger charge is 2.11. The van der Waals surface area contributed by atoms with E-state index in [9.17, 15) is 0 Å². The standard InChI is InChI=1S/C10H9N5O.C9H20N2/c1-16-7-4-2-3-6-8(7)14-10(11)15-9(6)12-5-13-15;1-10(2)8-9-11-6-4-3-5-7-11/h2-5H,1H3,(H2,11,14);3-9H2,1-2H3. The largest absolute Gasteiger partial charge is 0.494 e. The van der Waals surface area contributed by atoms with Gasteiger partial charge in [0.1, 0.15) is 17.6 Å². The molecule has 0 radical (unpaired) electrons. The fourth-order valence-corrected chi connectivity index (χ4v) is 3.26. The molecule has 0 unspecified atom stereocenters. The zero-order valence-electron chi connectivity index (χ0n) is 16.4. The van der Waals surface area contributed by atoms with Crippen molar-refractivity contribution in [3.05, 3.63) is 24.5 Å². The molecule has 1 fully saturated rings. The minimum atomic E-state index is 0.296. The molecule has 1 saturated heterocycles. The normalized spacial score (nSPS) is 15.1. The Labute approximate surface area is 159 Å². The van der Waals surface area contributed by atoms with Gasteiger partial charge in [0.05, 0.1) is 7.11 Å². The van der Waals surface area contributed by atoms with Crippen LogP contribution >= 0.6 is 0 Å². The van der Waals surface area contributed by atoms with Gasteiger partial charge in [0, 0.05) is 18.5 Å². The highest BCUT2D eigenvalue weighted by Crippen LogP contribution is 2.26. The zero-order valence-corrected chi connectivity index (χ0v) is 16.4. The summed E-state index contributed by atoms with van der Waals surface area (Å²) in [6, 6.07) is 5.63. The second-order valence-corrected chi connectivity index (χ2v) is 7.03. The molecule has 146 valence electrons. The maximum Gasteiger partial charge on any atom is 0.223 e. The van der Waals surface area contributed by atoms with Crippen LogP contribution in [0.4, 0.5) is 5.95 Å². The molecule has 0 atom stereocenters. The average Bonchev–Trinajstić information content (AvgIpc) is 3.18. The van der Waals surface area contributed by atoms with Crippen molar-refractivity contribution in [2.45, 2.75) is 19.3 Å². The second kappa shape index (κ2) is 8.96. The smallest absolute Gasteiger partial charge is 0.223 e. The molecule has 0 spiro atoms. The summed E-state index contributed by atoms with van der Waals surface area (Å²) in [5, 5.41) is 4.87. The number of nitrogen functional groups attached to an aromatic ring is 1. The van der Waals surface area contributed by atoms with E-state index in [1.165, 1.54) is 56.3 Å². The van der Waals surface area contributed by atoms with Crippen molar-refractivity contribution in [1.29, 1.82) is 0 Å². The molecular formula is C19H29N7O. The Kier molecular flexibility index (Phi) is 6.41. The summed E-state index contributed by atoms with van der Waals surface area (Å²) in [4.78, 5) is 13.3. The summed E-state index contributed by atoms with van der Waals surface area (Å²) in [6.45, 7) is 5.12. The van der Waals surface area contributed by atoms with Crippen LogP contribution in [-0.2, 0) is 0 Å². The van der Waals surface area contributed by atoms with Crippen LogP contribution in [0.25, 0.3) is 16.6 Å². The number of methoxy groups -OCH3 is 1.